The van der Waals surface area contributed by atoms with Gasteiger partial charge < -0.3 is 9.30 Å². The van der Waals surface area contributed by atoms with Crippen LogP contribution in [0.15, 0.2) is 176 Å². The summed E-state index contributed by atoms with van der Waals surface area (Å²) in [6.45, 7) is 4.54. The molecule has 0 spiro atoms. The third kappa shape index (κ3) is 4.55. The van der Waals surface area contributed by atoms with Gasteiger partial charge in [-0.2, -0.15) is 0 Å². The molecule has 3 heteroatoms. The van der Waals surface area contributed by atoms with Crippen LogP contribution in [0.2, 0.25) is 0 Å². The predicted molar refractivity (Wildman–Crippen MR) is 228 cm³/mol. The Morgan fingerprint density at radius 1 is 0.481 bits per heavy atom. The minimum Gasteiger partial charge on any atom is -0.458 e. The zero-order valence-electron chi connectivity index (χ0n) is 30.3. The number of para-hydroxylation sites is 2. The molecule has 0 radical (unpaired) electrons. The molecule has 8 aromatic carbocycles. The first-order valence-corrected chi connectivity index (χ1v) is 19.0. The fourth-order valence-corrected chi connectivity index (χ4v) is 9.17. The maximum Gasteiger partial charge on any atom is 0.256 e. The first kappa shape index (κ1) is 31.0. The van der Waals surface area contributed by atoms with Gasteiger partial charge in [0.25, 0.3) is 6.71 Å². The molecule has 2 nitrogen and oxygen atoms in total. The van der Waals surface area contributed by atoms with Crippen LogP contribution in [0, 0.1) is 0 Å². The van der Waals surface area contributed by atoms with Crippen molar-refractivity contribution < 1.29 is 4.74 Å². The lowest BCUT2D eigenvalue weighted by atomic mass is 9.34. The van der Waals surface area contributed by atoms with Crippen LogP contribution in [-0.4, -0.2) is 11.3 Å². The molecule has 2 aliphatic rings. The summed E-state index contributed by atoms with van der Waals surface area (Å²) in [5, 5.41) is 2.57. The Kier molecular flexibility index (Phi) is 6.88. The second kappa shape index (κ2) is 12.0. The number of rotatable bonds is 5. The fraction of sp³-hybridized carbons (Fsp3) is 0.0588. The third-order valence-corrected chi connectivity index (χ3v) is 11.6. The Morgan fingerprint density at radius 2 is 1.07 bits per heavy atom. The SMILES string of the molecule is CC(C)c1cc2c3c(c1)-n1c4ccccc4c4cccc(c41)B3c1cc(-c3ccccc3-c3ccccc3)cc(-c3ccccc3-c3ccccc3)c1O2. The van der Waals surface area contributed by atoms with Crippen LogP contribution in [0.3, 0.4) is 0 Å². The average molecular weight is 690 g/mol. The Balaban J connectivity index is 1.27. The lowest BCUT2D eigenvalue weighted by Crippen LogP contribution is -2.58. The van der Waals surface area contributed by atoms with Crippen molar-refractivity contribution in [3.8, 4) is 61.7 Å². The minimum atomic E-state index is -0.0213. The van der Waals surface area contributed by atoms with E-state index in [9.17, 15) is 0 Å². The van der Waals surface area contributed by atoms with E-state index >= 15 is 0 Å². The summed E-state index contributed by atoms with van der Waals surface area (Å²) in [5.74, 6) is 2.22. The van der Waals surface area contributed by atoms with Crippen molar-refractivity contribution in [2.24, 2.45) is 0 Å². The highest BCUT2D eigenvalue weighted by molar-refractivity contribution is 6.99. The van der Waals surface area contributed by atoms with Gasteiger partial charge in [0.2, 0.25) is 0 Å². The van der Waals surface area contributed by atoms with Crippen molar-refractivity contribution >= 4 is 44.9 Å². The number of hydrogen-bond donors (Lipinski definition) is 0. The van der Waals surface area contributed by atoms with Gasteiger partial charge in [-0.1, -0.05) is 166 Å². The highest BCUT2D eigenvalue weighted by Crippen LogP contribution is 2.45. The molecule has 254 valence electrons. The molecule has 0 amide bonds. The van der Waals surface area contributed by atoms with Crippen molar-refractivity contribution in [2.75, 3.05) is 0 Å². The van der Waals surface area contributed by atoms with Gasteiger partial charge in [-0.3, -0.25) is 0 Å². The second-order valence-corrected chi connectivity index (χ2v) is 15.0. The normalized spacial score (nSPS) is 12.5. The monoisotopic (exact) mass is 689 g/mol. The Bertz CT molecular complexity index is 2940. The molecular weight excluding hydrogens is 653 g/mol. The molecule has 0 unspecified atom stereocenters. The molecule has 1 aromatic heterocycles. The molecule has 0 fully saturated rings. The molecule has 54 heavy (non-hydrogen) atoms. The average Bonchev–Trinajstić information content (AvgIpc) is 3.57. The standard InChI is InChI=1S/C51H36BNO/c1-32(2)35-30-47-49-48(31-35)54-51-43(40-23-12-11-21-38(40)34-18-7-4-8-19-34)28-36(39-22-10-9-20-37(39)33-16-5-3-6-17-33)29-45(51)52(49)44-26-15-25-42-41-24-13-14-27-46(41)53(47)50(42)44/h3-32H,1-2H3. The van der Waals surface area contributed by atoms with E-state index in [1.807, 2.05) is 0 Å². The highest BCUT2D eigenvalue weighted by Gasteiger charge is 2.42. The third-order valence-electron chi connectivity index (χ3n) is 11.6. The topological polar surface area (TPSA) is 14.2 Å². The molecule has 3 heterocycles. The van der Waals surface area contributed by atoms with Gasteiger partial charge in [0.1, 0.15) is 11.5 Å². The van der Waals surface area contributed by atoms with E-state index in [1.54, 1.807) is 0 Å². The maximum absolute atomic E-state index is 7.38. The van der Waals surface area contributed by atoms with Crippen molar-refractivity contribution in [1.29, 1.82) is 0 Å². The summed E-state index contributed by atoms with van der Waals surface area (Å²) < 4.78 is 9.89. The highest BCUT2D eigenvalue weighted by atomic mass is 16.5. The van der Waals surface area contributed by atoms with Gasteiger partial charge in [-0.15, -0.1) is 0 Å². The fourth-order valence-electron chi connectivity index (χ4n) is 9.17. The molecule has 0 N–H and O–H groups in total. The largest absolute Gasteiger partial charge is 0.458 e. The molecule has 0 saturated heterocycles. The van der Waals surface area contributed by atoms with E-state index in [4.69, 9.17) is 4.74 Å². The summed E-state index contributed by atoms with van der Waals surface area (Å²) in [6.07, 6.45) is 0. The van der Waals surface area contributed by atoms with E-state index < -0.39 is 0 Å². The second-order valence-electron chi connectivity index (χ2n) is 15.0. The molecular formula is C51H36BNO. The lowest BCUT2D eigenvalue weighted by molar-refractivity contribution is 0.488. The van der Waals surface area contributed by atoms with E-state index in [0.717, 1.165) is 22.6 Å². The lowest BCUT2D eigenvalue weighted by Gasteiger charge is -2.35. The molecule has 0 bridgehead atoms. The van der Waals surface area contributed by atoms with Crippen LogP contribution in [0.4, 0.5) is 0 Å². The van der Waals surface area contributed by atoms with Crippen LogP contribution in [0.25, 0.3) is 72.0 Å². The van der Waals surface area contributed by atoms with Gasteiger partial charge >= 0.3 is 0 Å². The van der Waals surface area contributed by atoms with Crippen LogP contribution in [0.5, 0.6) is 11.5 Å². The van der Waals surface area contributed by atoms with Gasteiger partial charge in [0.05, 0.1) is 5.52 Å². The van der Waals surface area contributed by atoms with Gasteiger partial charge in [-0.25, -0.2) is 0 Å². The summed E-state index contributed by atoms with van der Waals surface area (Å²) in [5.41, 5.74) is 18.2. The molecule has 11 rings (SSSR count). The zero-order valence-corrected chi connectivity index (χ0v) is 30.3. The Hall–Kier alpha value is -6.58. The van der Waals surface area contributed by atoms with Gasteiger partial charge in [0.15, 0.2) is 0 Å². The van der Waals surface area contributed by atoms with Gasteiger partial charge in [-0.05, 0) is 91.1 Å². The molecule has 0 saturated carbocycles. The summed E-state index contributed by atoms with van der Waals surface area (Å²) in [4.78, 5) is 0. The Morgan fingerprint density at radius 3 is 1.78 bits per heavy atom. The maximum atomic E-state index is 7.38. The summed E-state index contributed by atoms with van der Waals surface area (Å²) >= 11 is 0. The number of nitrogens with zero attached hydrogens (tertiary/aromatic N) is 1. The first-order valence-electron chi connectivity index (χ1n) is 19.0. The van der Waals surface area contributed by atoms with Gasteiger partial charge in [0, 0.05) is 27.5 Å². The quantitative estimate of drug-likeness (QED) is 0.164. The van der Waals surface area contributed by atoms with Crippen molar-refractivity contribution in [3.05, 3.63) is 181 Å². The van der Waals surface area contributed by atoms with Crippen LogP contribution < -0.4 is 21.1 Å². The smallest absolute Gasteiger partial charge is 0.256 e. The predicted octanol–water partition coefficient (Wildman–Crippen LogP) is 11.5. The number of fused-ring (bicyclic) bond motifs is 7. The van der Waals surface area contributed by atoms with Crippen LogP contribution in [0.1, 0.15) is 25.3 Å². The molecule has 9 aromatic rings. The van der Waals surface area contributed by atoms with E-state index in [1.165, 1.54) is 82.8 Å². The number of benzene rings is 8. The molecule has 0 aliphatic carbocycles. The minimum absolute atomic E-state index is 0.0213. The van der Waals surface area contributed by atoms with Crippen molar-refractivity contribution in [1.82, 2.24) is 4.57 Å². The summed E-state index contributed by atoms with van der Waals surface area (Å²) in [6, 6.07) is 64.4. The molecule has 2 aliphatic heterocycles. The number of hydrogen-bond acceptors (Lipinski definition) is 1. The van der Waals surface area contributed by atoms with Crippen LogP contribution in [-0.2, 0) is 0 Å². The Labute approximate surface area is 316 Å². The first-order chi connectivity index (χ1) is 26.6. The van der Waals surface area contributed by atoms with Crippen molar-refractivity contribution in [3.63, 3.8) is 0 Å². The van der Waals surface area contributed by atoms with Crippen molar-refractivity contribution in [2.45, 2.75) is 19.8 Å². The van der Waals surface area contributed by atoms with E-state index in [0.29, 0.717) is 5.92 Å². The van der Waals surface area contributed by atoms with E-state index in [2.05, 4.69) is 194 Å². The van der Waals surface area contributed by atoms with Crippen LogP contribution >= 0.6 is 0 Å². The number of ether oxygens (including phenoxy) is 1. The molecule has 0 atom stereocenters. The number of aromatic nitrogens is 1. The van der Waals surface area contributed by atoms with E-state index in [-0.39, 0.29) is 6.71 Å². The summed E-state index contributed by atoms with van der Waals surface area (Å²) in [7, 11) is 0. The zero-order chi connectivity index (χ0) is 35.9.